The average Bonchev–Trinajstić information content (AvgIpc) is 2.41. The number of hydrogen-bond donors (Lipinski definition) is 1. The lowest BCUT2D eigenvalue weighted by atomic mass is 9.99. The van der Waals surface area contributed by atoms with Gasteiger partial charge in [0.2, 0.25) is 10.0 Å². The predicted molar refractivity (Wildman–Crippen MR) is 74.7 cm³/mol. The largest absolute Gasteiger partial charge is 0.393 e. The van der Waals surface area contributed by atoms with Crippen molar-refractivity contribution in [1.29, 1.82) is 5.26 Å². The molecule has 2 atom stereocenters. The molecule has 2 rings (SSSR count). The van der Waals surface area contributed by atoms with Crippen molar-refractivity contribution in [3.8, 4) is 6.07 Å². The molecule has 0 aliphatic carbocycles. The van der Waals surface area contributed by atoms with E-state index in [1.165, 1.54) is 22.5 Å². The number of nitrogens with zero attached hydrogens (tertiary/aromatic N) is 2. The van der Waals surface area contributed by atoms with E-state index in [0.29, 0.717) is 12.0 Å². The summed E-state index contributed by atoms with van der Waals surface area (Å²) in [6.07, 6.45) is -0.0632. The van der Waals surface area contributed by atoms with Crippen LogP contribution in [0.1, 0.15) is 18.9 Å². The normalized spacial score (nSPS) is 24.3. The Morgan fingerprint density at radius 3 is 2.75 bits per heavy atom. The monoisotopic (exact) mass is 314 g/mol. The standard InChI is InChI=1S/C13H15ClN2O3S/c1-9-8-16(5-4-12(9)17)20(18,19)13-3-2-10(7-15)6-11(13)14/h2-3,6,9,12,17H,4-5,8H2,1H3. The minimum atomic E-state index is -3.69. The molecule has 1 aliphatic heterocycles. The van der Waals surface area contributed by atoms with Crippen molar-refractivity contribution in [1.82, 2.24) is 4.31 Å². The lowest BCUT2D eigenvalue weighted by molar-refractivity contribution is 0.0628. The Morgan fingerprint density at radius 1 is 1.50 bits per heavy atom. The van der Waals surface area contributed by atoms with E-state index in [2.05, 4.69) is 0 Å². The number of rotatable bonds is 2. The third-order valence-corrected chi connectivity index (χ3v) is 5.85. The summed E-state index contributed by atoms with van der Waals surface area (Å²) in [5.74, 6) is -0.115. The molecule has 1 fully saturated rings. The molecular weight excluding hydrogens is 300 g/mol. The number of hydrogen-bond acceptors (Lipinski definition) is 4. The van der Waals surface area contributed by atoms with Crippen molar-refractivity contribution < 1.29 is 13.5 Å². The first-order valence-electron chi connectivity index (χ1n) is 6.24. The first kappa shape index (κ1) is 15.3. The minimum absolute atomic E-state index is 0.00163. The smallest absolute Gasteiger partial charge is 0.244 e. The molecule has 1 aliphatic rings. The summed E-state index contributed by atoms with van der Waals surface area (Å²) < 4.78 is 26.4. The highest BCUT2D eigenvalue weighted by Crippen LogP contribution is 2.28. The van der Waals surface area contributed by atoms with E-state index in [9.17, 15) is 13.5 Å². The third kappa shape index (κ3) is 2.81. The number of halogens is 1. The van der Waals surface area contributed by atoms with Gasteiger partial charge in [-0.25, -0.2) is 8.42 Å². The number of aliphatic hydroxyl groups is 1. The van der Waals surface area contributed by atoms with Crippen molar-refractivity contribution in [2.24, 2.45) is 5.92 Å². The fraction of sp³-hybridized carbons (Fsp3) is 0.462. The highest BCUT2D eigenvalue weighted by atomic mass is 35.5. The summed E-state index contributed by atoms with van der Waals surface area (Å²) >= 11 is 5.97. The summed E-state index contributed by atoms with van der Waals surface area (Å²) in [6, 6.07) is 6.04. The molecule has 5 nitrogen and oxygen atoms in total. The molecular formula is C13H15ClN2O3S. The van der Waals surface area contributed by atoms with Gasteiger partial charge in [0.05, 0.1) is 22.8 Å². The summed E-state index contributed by atoms with van der Waals surface area (Å²) in [4.78, 5) is 0.00163. The fourth-order valence-electron chi connectivity index (χ4n) is 2.23. The molecule has 0 saturated carbocycles. The predicted octanol–water partition coefficient (Wildman–Crippen LogP) is 1.60. The van der Waals surface area contributed by atoms with Crippen LogP contribution in [0, 0.1) is 17.2 Å². The van der Waals surface area contributed by atoms with Crippen molar-refractivity contribution >= 4 is 21.6 Å². The molecule has 1 N–H and O–H groups in total. The van der Waals surface area contributed by atoms with Gasteiger partial charge in [-0.2, -0.15) is 9.57 Å². The van der Waals surface area contributed by atoms with E-state index < -0.39 is 16.1 Å². The van der Waals surface area contributed by atoms with E-state index >= 15 is 0 Å². The zero-order chi connectivity index (χ0) is 14.9. The quantitative estimate of drug-likeness (QED) is 0.899. The summed E-state index contributed by atoms with van der Waals surface area (Å²) in [5.41, 5.74) is 0.316. The van der Waals surface area contributed by atoms with Crippen LogP contribution in [0.5, 0.6) is 0 Å². The Labute approximate surface area is 123 Å². The SMILES string of the molecule is CC1CN(S(=O)(=O)c2ccc(C#N)cc2Cl)CCC1O. The number of aliphatic hydroxyl groups excluding tert-OH is 1. The summed E-state index contributed by atoms with van der Waals surface area (Å²) in [5, 5.41) is 18.5. The average molecular weight is 315 g/mol. The highest BCUT2D eigenvalue weighted by Gasteiger charge is 2.33. The maximum absolute atomic E-state index is 12.5. The van der Waals surface area contributed by atoms with Gasteiger partial charge < -0.3 is 5.11 Å². The van der Waals surface area contributed by atoms with Gasteiger partial charge in [0.25, 0.3) is 0 Å². The lowest BCUT2D eigenvalue weighted by Gasteiger charge is -2.33. The van der Waals surface area contributed by atoms with Crippen LogP contribution >= 0.6 is 11.6 Å². The number of piperidine rings is 1. The molecule has 1 aromatic rings. The Kier molecular flexibility index (Phi) is 4.35. The van der Waals surface area contributed by atoms with Crippen molar-refractivity contribution in [2.45, 2.75) is 24.3 Å². The van der Waals surface area contributed by atoms with Gasteiger partial charge in [0.1, 0.15) is 4.90 Å². The van der Waals surface area contributed by atoms with Crippen LogP contribution in [0.4, 0.5) is 0 Å². The molecule has 1 aromatic carbocycles. The van der Waals surface area contributed by atoms with E-state index in [1.807, 2.05) is 13.0 Å². The molecule has 7 heteroatoms. The first-order chi connectivity index (χ1) is 9.36. The van der Waals surface area contributed by atoms with E-state index in [4.69, 9.17) is 16.9 Å². The zero-order valence-electron chi connectivity index (χ0n) is 11.0. The molecule has 20 heavy (non-hydrogen) atoms. The Bertz CT molecular complexity index is 654. The van der Waals surface area contributed by atoms with Crippen molar-refractivity contribution in [3.63, 3.8) is 0 Å². The summed E-state index contributed by atoms with van der Waals surface area (Å²) in [7, 11) is -3.69. The third-order valence-electron chi connectivity index (χ3n) is 3.50. The second kappa shape index (κ2) is 5.70. The molecule has 0 radical (unpaired) electrons. The van der Waals surface area contributed by atoms with Gasteiger partial charge in [-0.05, 0) is 30.5 Å². The van der Waals surface area contributed by atoms with Crippen molar-refractivity contribution in [2.75, 3.05) is 13.1 Å². The number of benzene rings is 1. The second-order valence-corrected chi connectivity index (χ2v) is 7.27. The topological polar surface area (TPSA) is 81.4 Å². The van der Waals surface area contributed by atoms with Crippen LogP contribution in [0.2, 0.25) is 5.02 Å². The van der Waals surface area contributed by atoms with Gasteiger partial charge in [-0.15, -0.1) is 0 Å². The second-order valence-electron chi connectivity index (χ2n) is 4.95. The molecule has 108 valence electrons. The molecule has 2 unspecified atom stereocenters. The first-order valence-corrected chi connectivity index (χ1v) is 8.06. The number of nitriles is 1. The Hall–Kier alpha value is -1.13. The van der Waals surface area contributed by atoms with Gasteiger partial charge >= 0.3 is 0 Å². The molecule has 0 aromatic heterocycles. The molecule has 1 saturated heterocycles. The minimum Gasteiger partial charge on any atom is -0.393 e. The van der Waals surface area contributed by atoms with E-state index in [0.717, 1.165) is 0 Å². The maximum Gasteiger partial charge on any atom is 0.244 e. The van der Waals surface area contributed by atoms with Gasteiger partial charge in [0.15, 0.2) is 0 Å². The highest BCUT2D eigenvalue weighted by molar-refractivity contribution is 7.89. The van der Waals surface area contributed by atoms with Crippen LogP contribution in [0.25, 0.3) is 0 Å². The Morgan fingerprint density at radius 2 is 2.20 bits per heavy atom. The van der Waals surface area contributed by atoms with Crippen molar-refractivity contribution in [3.05, 3.63) is 28.8 Å². The summed E-state index contributed by atoms with van der Waals surface area (Å²) in [6.45, 7) is 2.34. The number of sulfonamides is 1. The van der Waals surface area contributed by atoms with Gasteiger partial charge in [-0.1, -0.05) is 18.5 Å². The zero-order valence-corrected chi connectivity index (χ0v) is 12.5. The van der Waals surface area contributed by atoms with E-state index in [1.54, 1.807) is 0 Å². The van der Waals surface area contributed by atoms with Crippen LogP contribution in [-0.4, -0.2) is 37.0 Å². The Balaban J connectivity index is 2.34. The van der Waals surface area contributed by atoms with E-state index in [-0.39, 0.29) is 28.9 Å². The maximum atomic E-state index is 12.5. The molecule has 1 heterocycles. The fourth-order valence-corrected chi connectivity index (χ4v) is 4.31. The van der Waals surface area contributed by atoms with Gasteiger partial charge in [-0.3, -0.25) is 0 Å². The van der Waals surface area contributed by atoms with Crippen LogP contribution < -0.4 is 0 Å². The molecule has 0 amide bonds. The van der Waals surface area contributed by atoms with Crippen LogP contribution in [0.15, 0.2) is 23.1 Å². The molecule has 0 bridgehead atoms. The van der Waals surface area contributed by atoms with Crippen LogP contribution in [0.3, 0.4) is 0 Å². The van der Waals surface area contributed by atoms with Crippen LogP contribution in [-0.2, 0) is 10.0 Å². The molecule has 0 spiro atoms. The lowest BCUT2D eigenvalue weighted by Crippen LogP contribution is -2.44. The van der Waals surface area contributed by atoms with Gasteiger partial charge in [0, 0.05) is 13.1 Å².